The van der Waals surface area contributed by atoms with Crippen LogP contribution < -0.4 is 15.1 Å². The van der Waals surface area contributed by atoms with Crippen LogP contribution in [0, 0.1) is 0 Å². The van der Waals surface area contributed by atoms with Gasteiger partial charge < -0.3 is 14.4 Å². The van der Waals surface area contributed by atoms with Crippen molar-refractivity contribution in [2.75, 3.05) is 25.2 Å². The van der Waals surface area contributed by atoms with Crippen molar-refractivity contribution in [2.24, 2.45) is 5.10 Å². The first-order valence-electron chi connectivity index (χ1n) is 9.89. The Morgan fingerprint density at radius 3 is 2.68 bits per heavy atom. The van der Waals surface area contributed by atoms with Crippen LogP contribution in [-0.2, 0) is 13.0 Å². The molecule has 0 bridgehead atoms. The molecule has 1 aliphatic heterocycles. The van der Waals surface area contributed by atoms with Gasteiger partial charge in [-0.1, -0.05) is 43.5 Å². The predicted octanol–water partition coefficient (Wildman–Crippen LogP) is 3.40. The van der Waals surface area contributed by atoms with Crippen LogP contribution >= 0.6 is 24.4 Å². The summed E-state index contributed by atoms with van der Waals surface area (Å²) in [5.74, 6) is 0.318. The van der Waals surface area contributed by atoms with Crippen LogP contribution in [0.3, 0.4) is 0 Å². The number of hydrogen-bond acceptors (Lipinski definition) is 7. The number of pyridine rings is 1. The molecule has 3 heterocycles. The molecule has 2 aromatic heterocycles. The van der Waals surface area contributed by atoms with Crippen LogP contribution in [0.25, 0.3) is 5.65 Å². The van der Waals surface area contributed by atoms with Gasteiger partial charge in [0.05, 0.1) is 25.0 Å². The van der Waals surface area contributed by atoms with Crippen molar-refractivity contribution in [2.45, 2.75) is 19.9 Å². The zero-order chi connectivity index (χ0) is 22.0. The van der Waals surface area contributed by atoms with E-state index in [0.29, 0.717) is 40.8 Å². The topological polar surface area (TPSA) is 74.5 Å². The van der Waals surface area contributed by atoms with Crippen molar-refractivity contribution < 1.29 is 9.53 Å². The van der Waals surface area contributed by atoms with Crippen LogP contribution in [0.5, 0.6) is 5.75 Å². The first-order chi connectivity index (χ1) is 15.0. The van der Waals surface area contributed by atoms with E-state index in [-0.39, 0.29) is 5.91 Å². The number of aromatic nitrogens is 2. The number of aryl methyl sites for hydroxylation is 1. The molecular weight excluding hydrogens is 436 g/mol. The van der Waals surface area contributed by atoms with Crippen molar-refractivity contribution in [1.82, 2.24) is 19.0 Å². The number of nitrogens with zero attached hydrogens (tertiary/aromatic N) is 5. The number of methoxy groups -OCH3 is 1. The molecule has 1 aliphatic rings. The average Bonchev–Trinajstić information content (AvgIpc) is 3.18. The van der Waals surface area contributed by atoms with Crippen molar-refractivity contribution in [3.05, 3.63) is 58.5 Å². The van der Waals surface area contributed by atoms with Gasteiger partial charge in [0.1, 0.15) is 22.8 Å². The van der Waals surface area contributed by atoms with E-state index in [0.717, 1.165) is 24.3 Å². The molecule has 0 aliphatic carbocycles. The predicted molar refractivity (Wildman–Crippen MR) is 125 cm³/mol. The van der Waals surface area contributed by atoms with Crippen molar-refractivity contribution in [1.29, 1.82) is 0 Å². The van der Waals surface area contributed by atoms with Gasteiger partial charge in [-0.2, -0.15) is 5.10 Å². The second-order valence-electron chi connectivity index (χ2n) is 7.02. The molecule has 1 amide bonds. The first kappa shape index (κ1) is 21.3. The van der Waals surface area contributed by atoms with Gasteiger partial charge in [-0.25, -0.2) is 4.98 Å². The van der Waals surface area contributed by atoms with Crippen molar-refractivity contribution >= 4 is 48.0 Å². The zero-order valence-corrected chi connectivity index (χ0v) is 18.9. The fraction of sp³-hybridized carbons (Fsp3) is 0.286. The minimum atomic E-state index is -0.204. The number of imidazole rings is 1. The van der Waals surface area contributed by atoms with E-state index in [9.17, 15) is 4.79 Å². The normalized spacial score (nSPS) is 13.7. The van der Waals surface area contributed by atoms with Crippen LogP contribution in [0.1, 0.15) is 28.7 Å². The van der Waals surface area contributed by atoms with Crippen LogP contribution in [0.15, 0.2) is 41.6 Å². The lowest BCUT2D eigenvalue weighted by Crippen LogP contribution is -2.32. The average molecular weight is 459 g/mol. The maximum absolute atomic E-state index is 13.0. The third-order valence-corrected chi connectivity index (χ3v) is 5.75. The maximum atomic E-state index is 13.0. The number of benzene rings is 1. The van der Waals surface area contributed by atoms with Crippen LogP contribution in [-0.4, -0.2) is 46.1 Å². The summed E-state index contributed by atoms with van der Waals surface area (Å²) in [6.45, 7) is 3.91. The largest absolute Gasteiger partial charge is 0.495 e. The SMILES string of the molecule is CCc1nc2c(Cl)c(OC)ccn2c1C(=O)NCc1ccc(N2CCN(S)C=N2)cc1. The molecule has 0 atom stereocenters. The molecule has 3 aromatic rings. The number of thiol groups is 1. The third-order valence-electron chi connectivity index (χ3n) is 5.09. The van der Waals surface area contributed by atoms with Gasteiger partial charge in [-0.3, -0.25) is 14.2 Å². The minimum Gasteiger partial charge on any atom is -0.495 e. The Labute approximate surface area is 191 Å². The zero-order valence-electron chi connectivity index (χ0n) is 17.2. The molecule has 31 heavy (non-hydrogen) atoms. The Bertz CT molecular complexity index is 1130. The van der Waals surface area contributed by atoms with Crippen molar-refractivity contribution in [3.63, 3.8) is 0 Å². The number of anilines is 1. The fourth-order valence-corrected chi connectivity index (χ4v) is 3.84. The molecule has 1 N–H and O–H groups in total. The van der Waals surface area contributed by atoms with E-state index in [2.05, 4.69) is 28.2 Å². The van der Waals surface area contributed by atoms with Crippen LogP contribution in [0.4, 0.5) is 5.69 Å². The Balaban J connectivity index is 1.49. The van der Waals surface area contributed by atoms with E-state index in [1.54, 1.807) is 34.4 Å². The van der Waals surface area contributed by atoms with E-state index in [1.165, 1.54) is 0 Å². The molecule has 8 nitrogen and oxygen atoms in total. The molecule has 0 unspecified atom stereocenters. The molecule has 162 valence electrons. The van der Waals surface area contributed by atoms with Gasteiger partial charge in [-0.15, -0.1) is 0 Å². The Kier molecular flexibility index (Phi) is 6.24. The highest BCUT2D eigenvalue weighted by Crippen LogP contribution is 2.30. The highest BCUT2D eigenvalue weighted by Gasteiger charge is 2.21. The molecule has 1 aromatic carbocycles. The molecule has 0 saturated carbocycles. The second kappa shape index (κ2) is 9.07. The number of carbonyl (C=O) groups excluding carboxylic acids is 1. The highest BCUT2D eigenvalue weighted by atomic mass is 35.5. The number of halogens is 1. The lowest BCUT2D eigenvalue weighted by Gasteiger charge is -2.26. The quantitative estimate of drug-likeness (QED) is 0.554. The molecule has 10 heteroatoms. The summed E-state index contributed by atoms with van der Waals surface area (Å²) in [5, 5.41) is 9.63. The van der Waals surface area contributed by atoms with Crippen LogP contribution in [0.2, 0.25) is 5.02 Å². The first-order valence-corrected chi connectivity index (χ1v) is 10.7. The maximum Gasteiger partial charge on any atom is 0.270 e. The van der Waals surface area contributed by atoms with Gasteiger partial charge in [-0.05, 0) is 30.2 Å². The van der Waals surface area contributed by atoms with Gasteiger partial charge in [0.15, 0.2) is 5.65 Å². The second-order valence-corrected chi connectivity index (χ2v) is 7.91. The number of carbonyl (C=O) groups is 1. The number of rotatable bonds is 6. The Hall–Kier alpha value is -2.91. The number of ether oxygens (including phenoxy) is 1. The number of hydrazone groups is 1. The number of nitrogens with one attached hydrogen (secondary N) is 1. The molecule has 0 fully saturated rings. The lowest BCUT2D eigenvalue weighted by atomic mass is 10.2. The molecule has 0 radical (unpaired) electrons. The molecule has 4 rings (SSSR count). The summed E-state index contributed by atoms with van der Waals surface area (Å²) in [5.41, 5.74) is 3.66. The number of hydrogen-bond donors (Lipinski definition) is 2. The van der Waals surface area contributed by atoms with E-state index < -0.39 is 0 Å². The summed E-state index contributed by atoms with van der Waals surface area (Å²) in [4.78, 5) is 17.5. The molecule has 0 spiro atoms. The van der Waals surface area contributed by atoms with Gasteiger partial charge >= 0.3 is 0 Å². The summed E-state index contributed by atoms with van der Waals surface area (Å²) in [6.07, 6.45) is 4.04. The Morgan fingerprint density at radius 1 is 1.26 bits per heavy atom. The monoisotopic (exact) mass is 458 g/mol. The van der Waals surface area contributed by atoms with Gasteiger partial charge in [0.2, 0.25) is 0 Å². The summed E-state index contributed by atoms with van der Waals surface area (Å²) in [7, 11) is 1.55. The highest BCUT2D eigenvalue weighted by molar-refractivity contribution is 7.78. The minimum absolute atomic E-state index is 0.204. The van der Waals surface area contributed by atoms with E-state index in [1.807, 2.05) is 36.2 Å². The number of amides is 1. The van der Waals surface area contributed by atoms with Crippen molar-refractivity contribution in [3.8, 4) is 5.75 Å². The summed E-state index contributed by atoms with van der Waals surface area (Å²) >= 11 is 10.6. The molecular formula is C21H23ClN6O2S. The van der Waals surface area contributed by atoms with E-state index in [4.69, 9.17) is 16.3 Å². The smallest absolute Gasteiger partial charge is 0.270 e. The lowest BCUT2D eigenvalue weighted by molar-refractivity contribution is 0.0944. The van der Waals surface area contributed by atoms with Gasteiger partial charge in [0, 0.05) is 19.3 Å². The number of fused-ring (bicyclic) bond motifs is 1. The fourth-order valence-electron chi connectivity index (χ4n) is 3.43. The summed E-state index contributed by atoms with van der Waals surface area (Å²) < 4.78 is 8.71. The van der Waals surface area contributed by atoms with Gasteiger partial charge in [0.25, 0.3) is 5.91 Å². The van der Waals surface area contributed by atoms with E-state index >= 15 is 0 Å². The molecule has 0 saturated heterocycles. The Morgan fingerprint density at radius 2 is 2.03 bits per heavy atom. The summed E-state index contributed by atoms with van der Waals surface area (Å²) in [6, 6.07) is 9.67. The third kappa shape index (κ3) is 4.28. The standard InChI is InChI=1S/C21H23ClN6O2S/c1-3-16-19(27-9-8-17(30-2)18(22)20(27)25-16)21(29)23-12-14-4-6-15(7-5-14)28-11-10-26(31)13-24-28/h4-9,13,31H,3,10-12H2,1-2H3,(H,23,29).